The Morgan fingerprint density at radius 3 is 2.17 bits per heavy atom. The molecule has 0 spiro atoms. The van der Waals surface area contributed by atoms with Crippen LogP contribution in [0.25, 0.3) is 38.6 Å². The van der Waals surface area contributed by atoms with Crippen LogP contribution in [0.15, 0.2) is 78.9 Å². The Balaban J connectivity index is 1.90. The van der Waals surface area contributed by atoms with Gasteiger partial charge in [0.1, 0.15) is 0 Å². The van der Waals surface area contributed by atoms with E-state index in [0.717, 1.165) is 11.2 Å². The summed E-state index contributed by atoms with van der Waals surface area (Å²) in [6.45, 7) is 4.61. The van der Waals surface area contributed by atoms with Crippen LogP contribution in [0, 0.1) is 0 Å². The molecule has 3 heteroatoms. The minimum atomic E-state index is -0.0638. The number of rotatable bonds is 1. The topological polar surface area (TPSA) is 4.93 Å². The van der Waals surface area contributed by atoms with Crippen molar-refractivity contribution in [1.29, 1.82) is 0 Å². The number of para-hydroxylation sites is 2. The summed E-state index contributed by atoms with van der Waals surface area (Å²) in [5.74, 6) is 0. The summed E-state index contributed by atoms with van der Waals surface area (Å²) in [4.78, 5) is 0. The molecule has 0 aliphatic heterocycles. The van der Waals surface area contributed by atoms with Crippen LogP contribution in [0.1, 0.15) is 25.0 Å². The molecule has 30 heavy (non-hydrogen) atoms. The van der Waals surface area contributed by atoms with Crippen molar-refractivity contribution in [2.75, 3.05) is 0 Å². The molecule has 0 radical (unpaired) electrons. The first-order chi connectivity index (χ1) is 14.5. The maximum Gasteiger partial charge on any atom is 0.0836 e. The number of nitrogens with zero attached hydrogens (tertiary/aromatic N) is 1. The van der Waals surface area contributed by atoms with Gasteiger partial charge in [-0.25, -0.2) is 0 Å². The van der Waals surface area contributed by atoms with Crippen LogP contribution < -0.4 is 0 Å². The fourth-order valence-electron chi connectivity index (χ4n) is 5.18. The number of benzene rings is 4. The van der Waals surface area contributed by atoms with Gasteiger partial charge >= 0.3 is 0 Å². The second-order valence-corrected chi connectivity index (χ2v) is 9.29. The Labute approximate surface area is 185 Å². The molecule has 6 rings (SSSR count). The molecule has 1 heterocycles. The van der Waals surface area contributed by atoms with E-state index in [1.807, 2.05) is 18.2 Å². The molecule has 0 atom stereocenters. The van der Waals surface area contributed by atoms with Crippen molar-refractivity contribution in [1.82, 2.24) is 4.57 Å². The van der Waals surface area contributed by atoms with E-state index in [1.54, 1.807) is 0 Å². The second kappa shape index (κ2) is 6.14. The first-order valence-corrected chi connectivity index (χ1v) is 10.9. The van der Waals surface area contributed by atoms with Gasteiger partial charge < -0.3 is 4.57 Å². The Bertz CT molecular complexity index is 1470. The van der Waals surface area contributed by atoms with Crippen LogP contribution in [0.4, 0.5) is 0 Å². The van der Waals surface area contributed by atoms with E-state index < -0.39 is 0 Å². The number of hydrogen-bond donors (Lipinski definition) is 0. The van der Waals surface area contributed by atoms with Crippen LogP contribution >= 0.6 is 23.2 Å². The molecular formula is C27H19Cl2N. The third kappa shape index (κ3) is 2.20. The molecule has 0 saturated heterocycles. The zero-order valence-corrected chi connectivity index (χ0v) is 18.2. The maximum atomic E-state index is 6.72. The minimum absolute atomic E-state index is 0.0638. The van der Waals surface area contributed by atoms with Gasteiger partial charge in [0.05, 0.1) is 26.8 Å². The standard InChI is InChI=1S/C27H19Cl2N/c1-27(2)19-10-5-3-9-18(19)24-20(27)15-14-17-16-8-4-6-13-23(16)30(25(17)24)26-21(28)11-7-12-22(26)29/h3-15H,1-2H3. The Kier molecular flexibility index (Phi) is 3.69. The quantitative estimate of drug-likeness (QED) is 0.253. The SMILES string of the molecule is CC1(C)c2ccccc2-c2c1ccc1c3ccccc3n(-c3c(Cl)cccc3Cl)c21. The van der Waals surface area contributed by atoms with Crippen molar-refractivity contribution >= 4 is 45.0 Å². The molecule has 0 unspecified atom stereocenters. The molecule has 0 amide bonds. The summed E-state index contributed by atoms with van der Waals surface area (Å²) < 4.78 is 2.26. The summed E-state index contributed by atoms with van der Waals surface area (Å²) in [6.07, 6.45) is 0. The summed E-state index contributed by atoms with van der Waals surface area (Å²) in [6, 6.07) is 27.5. The highest BCUT2D eigenvalue weighted by Gasteiger charge is 2.37. The lowest BCUT2D eigenvalue weighted by atomic mass is 9.82. The van der Waals surface area contributed by atoms with Gasteiger partial charge in [0.15, 0.2) is 0 Å². The van der Waals surface area contributed by atoms with Gasteiger partial charge in [0.2, 0.25) is 0 Å². The molecule has 1 aliphatic rings. The highest BCUT2D eigenvalue weighted by molar-refractivity contribution is 6.38. The molecule has 146 valence electrons. The molecule has 1 aliphatic carbocycles. The summed E-state index contributed by atoms with van der Waals surface area (Å²) in [5.41, 5.74) is 8.31. The lowest BCUT2D eigenvalue weighted by molar-refractivity contribution is 0.661. The first-order valence-electron chi connectivity index (χ1n) is 10.1. The highest BCUT2D eigenvalue weighted by Crippen LogP contribution is 2.53. The normalized spacial score (nSPS) is 14.3. The smallest absolute Gasteiger partial charge is 0.0836 e. The Morgan fingerprint density at radius 1 is 0.667 bits per heavy atom. The summed E-state index contributed by atoms with van der Waals surface area (Å²) >= 11 is 13.4. The number of halogens is 2. The van der Waals surface area contributed by atoms with Crippen LogP contribution in [-0.4, -0.2) is 4.57 Å². The second-order valence-electron chi connectivity index (χ2n) is 8.48. The van der Waals surface area contributed by atoms with Crippen molar-refractivity contribution in [3.05, 3.63) is 100 Å². The van der Waals surface area contributed by atoms with Gasteiger partial charge in [-0.15, -0.1) is 0 Å². The predicted octanol–water partition coefficient (Wildman–Crippen LogP) is 8.40. The van der Waals surface area contributed by atoms with Crippen molar-refractivity contribution in [2.45, 2.75) is 19.3 Å². The van der Waals surface area contributed by atoms with E-state index in [0.29, 0.717) is 10.0 Å². The van der Waals surface area contributed by atoms with Gasteiger partial charge in [0.25, 0.3) is 0 Å². The summed E-state index contributed by atoms with van der Waals surface area (Å²) in [5, 5.41) is 3.71. The number of hydrogen-bond acceptors (Lipinski definition) is 0. The monoisotopic (exact) mass is 427 g/mol. The van der Waals surface area contributed by atoms with Gasteiger partial charge in [-0.3, -0.25) is 0 Å². The molecule has 5 aromatic rings. The molecular weight excluding hydrogens is 409 g/mol. The van der Waals surface area contributed by atoms with E-state index >= 15 is 0 Å². The zero-order valence-electron chi connectivity index (χ0n) is 16.7. The molecule has 1 aromatic heterocycles. The number of fused-ring (bicyclic) bond motifs is 7. The van der Waals surface area contributed by atoms with Gasteiger partial charge in [-0.1, -0.05) is 97.7 Å². The van der Waals surface area contributed by atoms with Gasteiger partial charge in [0, 0.05) is 21.8 Å². The van der Waals surface area contributed by atoms with Crippen molar-refractivity contribution < 1.29 is 0 Å². The van der Waals surface area contributed by atoms with Crippen LogP contribution in [-0.2, 0) is 5.41 Å². The third-order valence-corrected chi connectivity index (χ3v) is 7.15. The maximum absolute atomic E-state index is 6.72. The third-order valence-electron chi connectivity index (χ3n) is 6.54. The van der Waals surface area contributed by atoms with E-state index in [4.69, 9.17) is 23.2 Å². The lowest BCUT2D eigenvalue weighted by Crippen LogP contribution is -2.14. The van der Waals surface area contributed by atoms with Crippen LogP contribution in [0.2, 0.25) is 10.0 Å². The molecule has 0 saturated carbocycles. The van der Waals surface area contributed by atoms with Crippen LogP contribution in [0.3, 0.4) is 0 Å². The predicted molar refractivity (Wildman–Crippen MR) is 128 cm³/mol. The Morgan fingerprint density at radius 2 is 1.37 bits per heavy atom. The molecule has 0 fully saturated rings. The largest absolute Gasteiger partial charge is 0.306 e. The van der Waals surface area contributed by atoms with Gasteiger partial charge in [-0.2, -0.15) is 0 Å². The highest BCUT2D eigenvalue weighted by atomic mass is 35.5. The van der Waals surface area contributed by atoms with E-state index in [9.17, 15) is 0 Å². The van der Waals surface area contributed by atoms with E-state index in [-0.39, 0.29) is 5.41 Å². The number of aromatic nitrogens is 1. The Hall–Kier alpha value is -2.74. The average Bonchev–Trinajstić information content (AvgIpc) is 3.19. The van der Waals surface area contributed by atoms with Gasteiger partial charge in [-0.05, 0) is 34.9 Å². The first kappa shape index (κ1) is 18.1. The van der Waals surface area contributed by atoms with E-state index in [1.165, 1.54) is 38.5 Å². The molecule has 0 N–H and O–H groups in total. The average molecular weight is 428 g/mol. The zero-order chi connectivity index (χ0) is 20.6. The molecule has 4 aromatic carbocycles. The summed E-state index contributed by atoms with van der Waals surface area (Å²) in [7, 11) is 0. The molecule has 0 bridgehead atoms. The lowest BCUT2D eigenvalue weighted by Gasteiger charge is -2.21. The van der Waals surface area contributed by atoms with Crippen molar-refractivity contribution in [2.24, 2.45) is 0 Å². The fourth-order valence-corrected chi connectivity index (χ4v) is 5.74. The minimum Gasteiger partial charge on any atom is -0.306 e. The van der Waals surface area contributed by atoms with Crippen molar-refractivity contribution in [3.63, 3.8) is 0 Å². The molecule has 1 nitrogen and oxygen atoms in total. The van der Waals surface area contributed by atoms with Crippen molar-refractivity contribution in [3.8, 4) is 16.8 Å². The van der Waals surface area contributed by atoms with E-state index in [2.05, 4.69) is 79.1 Å². The fraction of sp³-hybridized carbons (Fsp3) is 0.111. The van der Waals surface area contributed by atoms with Crippen LogP contribution in [0.5, 0.6) is 0 Å².